The van der Waals surface area contributed by atoms with Gasteiger partial charge in [0.2, 0.25) is 5.95 Å². The van der Waals surface area contributed by atoms with Crippen LogP contribution < -0.4 is 14.5 Å². The molecule has 2 aliphatic rings. The molecule has 1 aromatic carbocycles. The second-order valence-electron chi connectivity index (χ2n) is 9.15. The van der Waals surface area contributed by atoms with Crippen molar-refractivity contribution in [2.75, 3.05) is 29.4 Å². The third kappa shape index (κ3) is 4.87. The fourth-order valence-corrected chi connectivity index (χ4v) is 4.88. The van der Waals surface area contributed by atoms with Crippen LogP contribution in [0.4, 0.5) is 11.8 Å². The molecule has 0 saturated carbocycles. The van der Waals surface area contributed by atoms with Crippen LogP contribution >= 0.6 is 11.6 Å². The Morgan fingerprint density at radius 2 is 2.09 bits per heavy atom. The van der Waals surface area contributed by atoms with Gasteiger partial charge in [0.1, 0.15) is 28.9 Å². The lowest BCUT2D eigenvalue weighted by Crippen LogP contribution is -2.32. The predicted octanol–water partition coefficient (Wildman–Crippen LogP) is 4.42. The van der Waals surface area contributed by atoms with E-state index in [4.69, 9.17) is 25.8 Å². The normalized spacial score (nSPS) is 18.6. The molecule has 2 atom stereocenters. The number of rotatable bonds is 7. The van der Waals surface area contributed by atoms with E-state index >= 15 is 0 Å². The fraction of sp³-hybridized carbons (Fsp3) is 0.440. The number of carbonyl (C=O) groups is 1. The van der Waals surface area contributed by atoms with Crippen molar-refractivity contribution >= 4 is 29.2 Å². The quantitative estimate of drug-likeness (QED) is 0.490. The third-order valence-electron chi connectivity index (χ3n) is 6.49. The van der Waals surface area contributed by atoms with Crippen LogP contribution in [-0.2, 0) is 17.8 Å². The molecular formula is C25H28ClN5O3. The van der Waals surface area contributed by atoms with Crippen molar-refractivity contribution in [3.8, 4) is 5.75 Å². The van der Waals surface area contributed by atoms with Crippen molar-refractivity contribution in [3.63, 3.8) is 0 Å². The Labute approximate surface area is 203 Å². The third-order valence-corrected chi connectivity index (χ3v) is 6.76. The molecule has 0 aliphatic carbocycles. The van der Waals surface area contributed by atoms with E-state index < -0.39 is 0 Å². The highest BCUT2D eigenvalue weighted by Gasteiger charge is 2.28. The van der Waals surface area contributed by atoms with Gasteiger partial charge in [0.25, 0.3) is 0 Å². The highest BCUT2D eigenvalue weighted by Crippen LogP contribution is 2.31. The van der Waals surface area contributed by atoms with Gasteiger partial charge in [-0.1, -0.05) is 35.8 Å². The van der Waals surface area contributed by atoms with Crippen LogP contribution in [0.3, 0.4) is 0 Å². The molecule has 0 spiro atoms. The Balaban J connectivity index is 1.23. The molecule has 0 amide bonds. The smallest absolute Gasteiger partial charge is 0.227 e. The Kier molecular flexibility index (Phi) is 6.41. The van der Waals surface area contributed by atoms with Gasteiger partial charge in [0.05, 0.1) is 25.0 Å². The Bertz CT molecular complexity index is 1170. The van der Waals surface area contributed by atoms with Gasteiger partial charge < -0.3 is 23.9 Å². The molecule has 178 valence electrons. The maximum absolute atomic E-state index is 11.4. The first-order chi connectivity index (χ1) is 16.5. The lowest BCUT2D eigenvalue weighted by atomic mass is 9.96. The number of hydrogen-bond acceptors (Lipinski definition) is 8. The average Bonchev–Trinajstić information content (AvgIpc) is 3.48. The predicted molar refractivity (Wildman–Crippen MR) is 130 cm³/mol. The van der Waals surface area contributed by atoms with Gasteiger partial charge in [-0.05, 0) is 30.5 Å². The summed E-state index contributed by atoms with van der Waals surface area (Å²) in [7, 11) is 0. The standard InChI is InChI=1S/C25H28ClN5O3/c1-16(11-17(2)32)18-3-5-20(6-4-18)34-21-7-9-30(14-21)24-22(26)12-27-25(28-24)31-10-8-23-19(13-31)15-33-29-23/h3-6,12,15-16,21H,7-11,13-14H2,1-2H3/t16-,21-/m1/s1. The van der Waals surface area contributed by atoms with E-state index in [1.165, 1.54) is 0 Å². The fourth-order valence-electron chi connectivity index (χ4n) is 4.67. The summed E-state index contributed by atoms with van der Waals surface area (Å²) >= 11 is 6.49. The number of hydrogen-bond donors (Lipinski definition) is 0. The number of anilines is 2. The Morgan fingerprint density at radius 1 is 1.26 bits per heavy atom. The number of nitrogens with zero attached hydrogens (tertiary/aromatic N) is 5. The van der Waals surface area contributed by atoms with Crippen LogP contribution in [0.15, 0.2) is 41.2 Å². The summed E-state index contributed by atoms with van der Waals surface area (Å²) in [4.78, 5) is 25.0. The van der Waals surface area contributed by atoms with Crippen molar-refractivity contribution in [3.05, 3.63) is 58.6 Å². The molecule has 34 heavy (non-hydrogen) atoms. The maximum Gasteiger partial charge on any atom is 0.227 e. The zero-order valence-corrected chi connectivity index (χ0v) is 20.2. The second kappa shape index (κ2) is 9.62. The number of fused-ring (bicyclic) bond motifs is 1. The number of ketones is 1. The Hall–Kier alpha value is -3.13. The van der Waals surface area contributed by atoms with Gasteiger partial charge in [-0.15, -0.1) is 0 Å². The van der Waals surface area contributed by atoms with Crippen LogP contribution in [-0.4, -0.2) is 46.6 Å². The molecule has 0 N–H and O–H groups in total. The number of aromatic nitrogens is 3. The molecule has 5 rings (SSSR count). The van der Waals surface area contributed by atoms with Gasteiger partial charge in [-0.3, -0.25) is 0 Å². The molecule has 3 aromatic rings. The number of ether oxygens (including phenoxy) is 1. The van der Waals surface area contributed by atoms with Crippen molar-refractivity contribution in [2.24, 2.45) is 0 Å². The highest BCUT2D eigenvalue weighted by molar-refractivity contribution is 6.32. The molecule has 2 aromatic heterocycles. The lowest BCUT2D eigenvalue weighted by Gasteiger charge is -2.27. The van der Waals surface area contributed by atoms with E-state index in [1.807, 2.05) is 24.3 Å². The molecule has 8 nitrogen and oxygen atoms in total. The van der Waals surface area contributed by atoms with Gasteiger partial charge in [-0.25, -0.2) is 4.98 Å². The molecule has 0 radical (unpaired) electrons. The van der Waals surface area contributed by atoms with E-state index in [0.29, 0.717) is 30.5 Å². The van der Waals surface area contributed by atoms with Crippen LogP contribution in [0.5, 0.6) is 5.75 Å². The molecule has 0 bridgehead atoms. The minimum absolute atomic E-state index is 0.0459. The summed E-state index contributed by atoms with van der Waals surface area (Å²) in [5.41, 5.74) is 3.22. The molecule has 0 unspecified atom stereocenters. The first-order valence-corrected chi connectivity index (χ1v) is 12.0. The first-order valence-electron chi connectivity index (χ1n) is 11.7. The minimum Gasteiger partial charge on any atom is -0.489 e. The van der Waals surface area contributed by atoms with E-state index in [-0.39, 0.29) is 17.8 Å². The summed E-state index contributed by atoms with van der Waals surface area (Å²) in [6.07, 6.45) is 5.65. The first kappa shape index (κ1) is 22.7. The van der Waals surface area contributed by atoms with Gasteiger partial charge in [0, 0.05) is 37.9 Å². The van der Waals surface area contributed by atoms with Crippen molar-refractivity contribution < 1.29 is 14.1 Å². The second-order valence-corrected chi connectivity index (χ2v) is 9.56. The largest absolute Gasteiger partial charge is 0.489 e. The summed E-state index contributed by atoms with van der Waals surface area (Å²) in [6.45, 7) is 6.67. The van der Waals surface area contributed by atoms with Crippen LogP contribution in [0.25, 0.3) is 0 Å². The van der Waals surface area contributed by atoms with Crippen LogP contribution in [0.2, 0.25) is 5.02 Å². The molecule has 4 heterocycles. The monoisotopic (exact) mass is 481 g/mol. The van der Waals surface area contributed by atoms with Crippen molar-refractivity contribution in [1.82, 2.24) is 15.1 Å². The van der Waals surface area contributed by atoms with E-state index in [9.17, 15) is 4.79 Å². The molecule has 2 aliphatic heterocycles. The summed E-state index contributed by atoms with van der Waals surface area (Å²) in [6, 6.07) is 8.06. The number of carbonyl (C=O) groups excluding carboxylic acids is 1. The van der Waals surface area contributed by atoms with Crippen LogP contribution in [0.1, 0.15) is 49.4 Å². The number of Topliss-reactive ketones (excluding diaryl/α,β-unsaturated/α-hetero) is 1. The average molecular weight is 482 g/mol. The molecule has 9 heteroatoms. The topological polar surface area (TPSA) is 84.6 Å². The molecule has 1 saturated heterocycles. The maximum atomic E-state index is 11.4. The lowest BCUT2D eigenvalue weighted by molar-refractivity contribution is -0.117. The zero-order chi connectivity index (χ0) is 23.7. The van der Waals surface area contributed by atoms with E-state index in [0.717, 1.165) is 54.3 Å². The summed E-state index contributed by atoms with van der Waals surface area (Å²) < 4.78 is 11.3. The van der Waals surface area contributed by atoms with Gasteiger partial charge >= 0.3 is 0 Å². The molecular weight excluding hydrogens is 454 g/mol. The zero-order valence-electron chi connectivity index (χ0n) is 19.4. The SMILES string of the molecule is CC(=O)C[C@@H](C)c1ccc(O[C@@H]2CCN(c3nc(N4CCc5nocc5C4)ncc3Cl)C2)cc1. The van der Waals surface area contributed by atoms with Gasteiger partial charge in [0.15, 0.2) is 5.82 Å². The van der Waals surface area contributed by atoms with E-state index in [1.54, 1.807) is 19.4 Å². The minimum atomic E-state index is 0.0459. The summed E-state index contributed by atoms with van der Waals surface area (Å²) in [5, 5.41) is 4.59. The molecule has 1 fully saturated rings. The van der Waals surface area contributed by atoms with Crippen molar-refractivity contribution in [2.45, 2.75) is 51.7 Å². The van der Waals surface area contributed by atoms with Crippen molar-refractivity contribution in [1.29, 1.82) is 0 Å². The Morgan fingerprint density at radius 3 is 2.88 bits per heavy atom. The highest BCUT2D eigenvalue weighted by atomic mass is 35.5. The van der Waals surface area contributed by atoms with Gasteiger partial charge in [-0.2, -0.15) is 4.98 Å². The number of halogens is 1. The summed E-state index contributed by atoms with van der Waals surface area (Å²) in [5.74, 6) is 2.64. The van der Waals surface area contributed by atoms with E-state index in [2.05, 4.69) is 26.9 Å². The number of benzene rings is 1. The van der Waals surface area contributed by atoms with Crippen LogP contribution in [0, 0.1) is 0 Å².